The molecule has 1 aromatic rings. The van der Waals surface area contributed by atoms with Gasteiger partial charge in [0.1, 0.15) is 0 Å². The number of benzene rings is 1. The summed E-state index contributed by atoms with van der Waals surface area (Å²) in [5.74, 6) is 0. The zero-order chi connectivity index (χ0) is 14.5. The number of hydrogen-bond acceptors (Lipinski definition) is 5. The van der Waals surface area contributed by atoms with Crippen LogP contribution >= 0.6 is 0 Å². The molecule has 1 aliphatic rings. The fraction of sp³-hybridized carbons (Fsp3) is 0.571. The van der Waals surface area contributed by atoms with Crippen molar-refractivity contribution in [3.8, 4) is 0 Å². The van der Waals surface area contributed by atoms with E-state index in [1.807, 2.05) is 12.1 Å². The van der Waals surface area contributed by atoms with Crippen LogP contribution in [0.25, 0.3) is 0 Å². The van der Waals surface area contributed by atoms with Crippen LogP contribution in [0.15, 0.2) is 24.3 Å². The summed E-state index contributed by atoms with van der Waals surface area (Å²) < 4.78 is 0. The molecular formula is C14H22N4O2. The van der Waals surface area contributed by atoms with Gasteiger partial charge in [-0.2, -0.15) is 0 Å². The molecule has 110 valence electrons. The standard InChI is InChI=1S/C14H22N4O2/c1-16-7-8-17(2)14(11-16)10-15-9-12-3-5-13(6-4-12)18(19)20/h3-6,14-15H,7-11H2,1-2H3. The molecule has 20 heavy (non-hydrogen) atoms. The number of nitro benzene ring substituents is 1. The van der Waals surface area contributed by atoms with Crippen LogP contribution in [-0.4, -0.2) is 61.0 Å². The molecule has 1 aliphatic heterocycles. The van der Waals surface area contributed by atoms with Crippen molar-refractivity contribution in [3.05, 3.63) is 39.9 Å². The molecule has 1 fully saturated rings. The van der Waals surface area contributed by atoms with Crippen LogP contribution in [0.4, 0.5) is 5.69 Å². The molecule has 2 rings (SSSR count). The minimum atomic E-state index is -0.371. The third kappa shape index (κ3) is 4.00. The van der Waals surface area contributed by atoms with Crippen LogP contribution in [0.5, 0.6) is 0 Å². The average Bonchev–Trinajstić information content (AvgIpc) is 2.43. The van der Waals surface area contributed by atoms with E-state index in [1.54, 1.807) is 12.1 Å². The largest absolute Gasteiger partial charge is 0.311 e. The van der Waals surface area contributed by atoms with Crippen molar-refractivity contribution in [1.29, 1.82) is 0 Å². The molecule has 1 unspecified atom stereocenters. The van der Waals surface area contributed by atoms with Crippen molar-refractivity contribution < 1.29 is 4.92 Å². The van der Waals surface area contributed by atoms with Crippen molar-refractivity contribution in [3.63, 3.8) is 0 Å². The molecule has 0 saturated carbocycles. The van der Waals surface area contributed by atoms with E-state index in [-0.39, 0.29) is 10.6 Å². The zero-order valence-electron chi connectivity index (χ0n) is 12.1. The number of non-ortho nitro benzene ring substituents is 1. The number of nitrogens with zero attached hydrogens (tertiary/aromatic N) is 3. The molecule has 0 aliphatic carbocycles. The summed E-state index contributed by atoms with van der Waals surface area (Å²) in [6, 6.07) is 7.24. The Balaban J connectivity index is 1.79. The first-order valence-corrected chi connectivity index (χ1v) is 6.89. The number of nitrogens with one attached hydrogen (secondary N) is 1. The summed E-state index contributed by atoms with van der Waals surface area (Å²) in [6.07, 6.45) is 0. The van der Waals surface area contributed by atoms with Crippen LogP contribution in [-0.2, 0) is 6.54 Å². The molecule has 0 radical (unpaired) electrons. The molecular weight excluding hydrogens is 256 g/mol. The van der Waals surface area contributed by atoms with E-state index < -0.39 is 0 Å². The van der Waals surface area contributed by atoms with Gasteiger partial charge in [-0.15, -0.1) is 0 Å². The van der Waals surface area contributed by atoms with Gasteiger partial charge in [0.2, 0.25) is 0 Å². The van der Waals surface area contributed by atoms with Crippen LogP contribution in [0.3, 0.4) is 0 Å². The van der Waals surface area contributed by atoms with Gasteiger partial charge in [0.05, 0.1) is 4.92 Å². The fourth-order valence-electron chi connectivity index (χ4n) is 2.44. The SMILES string of the molecule is CN1CCN(C)C(CNCc2ccc([N+](=O)[O-])cc2)C1. The first-order valence-electron chi connectivity index (χ1n) is 6.89. The van der Waals surface area contributed by atoms with Gasteiger partial charge in [-0.05, 0) is 19.7 Å². The summed E-state index contributed by atoms with van der Waals surface area (Å²) in [5, 5.41) is 14.0. The molecule has 1 N–H and O–H groups in total. The van der Waals surface area contributed by atoms with Gasteiger partial charge in [0.25, 0.3) is 5.69 Å². The lowest BCUT2D eigenvalue weighted by atomic mass is 10.1. The summed E-state index contributed by atoms with van der Waals surface area (Å²) in [6.45, 7) is 4.96. The lowest BCUT2D eigenvalue weighted by Gasteiger charge is -2.37. The Kier molecular flexibility index (Phi) is 5.05. The Bertz CT molecular complexity index is 449. The molecule has 0 amide bonds. The minimum Gasteiger partial charge on any atom is -0.311 e. The van der Waals surface area contributed by atoms with Gasteiger partial charge in [0, 0.05) is 50.9 Å². The van der Waals surface area contributed by atoms with Gasteiger partial charge < -0.3 is 10.2 Å². The Labute approximate surface area is 119 Å². The van der Waals surface area contributed by atoms with Crippen molar-refractivity contribution >= 4 is 5.69 Å². The van der Waals surface area contributed by atoms with Crippen molar-refractivity contribution in [2.45, 2.75) is 12.6 Å². The van der Waals surface area contributed by atoms with Gasteiger partial charge in [-0.3, -0.25) is 15.0 Å². The number of hydrogen-bond donors (Lipinski definition) is 1. The Morgan fingerprint density at radius 1 is 1.30 bits per heavy atom. The topological polar surface area (TPSA) is 61.6 Å². The maximum absolute atomic E-state index is 10.6. The second kappa shape index (κ2) is 6.78. The highest BCUT2D eigenvalue weighted by molar-refractivity contribution is 5.32. The van der Waals surface area contributed by atoms with Crippen LogP contribution < -0.4 is 5.32 Å². The highest BCUT2D eigenvalue weighted by Crippen LogP contribution is 2.12. The van der Waals surface area contributed by atoms with Gasteiger partial charge in [-0.25, -0.2) is 0 Å². The van der Waals surface area contributed by atoms with Gasteiger partial charge >= 0.3 is 0 Å². The Hall–Kier alpha value is -1.50. The lowest BCUT2D eigenvalue weighted by molar-refractivity contribution is -0.384. The van der Waals surface area contributed by atoms with E-state index in [9.17, 15) is 10.1 Å². The maximum Gasteiger partial charge on any atom is 0.269 e. The molecule has 1 atom stereocenters. The molecule has 0 spiro atoms. The van der Waals surface area contributed by atoms with Crippen molar-refractivity contribution in [2.24, 2.45) is 0 Å². The predicted octanol–water partition coefficient (Wildman–Crippen LogP) is 0.930. The summed E-state index contributed by atoms with van der Waals surface area (Å²) >= 11 is 0. The molecule has 1 heterocycles. The fourth-order valence-corrected chi connectivity index (χ4v) is 2.44. The van der Waals surface area contributed by atoms with E-state index in [1.165, 1.54) is 0 Å². The summed E-state index contributed by atoms with van der Waals surface area (Å²) in [4.78, 5) is 14.9. The molecule has 1 aromatic carbocycles. The third-order valence-corrected chi connectivity index (χ3v) is 3.84. The quantitative estimate of drug-likeness (QED) is 0.641. The van der Waals surface area contributed by atoms with E-state index in [0.29, 0.717) is 6.04 Å². The van der Waals surface area contributed by atoms with Crippen molar-refractivity contribution in [2.75, 3.05) is 40.3 Å². The Morgan fingerprint density at radius 3 is 2.65 bits per heavy atom. The molecule has 6 nitrogen and oxygen atoms in total. The summed E-state index contributed by atoms with van der Waals surface area (Å²) in [7, 11) is 4.31. The van der Waals surface area contributed by atoms with Crippen LogP contribution in [0, 0.1) is 10.1 Å². The zero-order valence-corrected chi connectivity index (χ0v) is 12.1. The Morgan fingerprint density at radius 2 is 2.00 bits per heavy atom. The molecule has 1 saturated heterocycles. The van der Waals surface area contributed by atoms with Crippen LogP contribution in [0.1, 0.15) is 5.56 Å². The van der Waals surface area contributed by atoms with E-state index in [2.05, 4.69) is 29.2 Å². The predicted molar refractivity (Wildman–Crippen MR) is 78.7 cm³/mol. The minimum absolute atomic E-state index is 0.141. The first-order chi connectivity index (χ1) is 9.56. The van der Waals surface area contributed by atoms with Gasteiger partial charge in [-0.1, -0.05) is 12.1 Å². The molecule has 0 aromatic heterocycles. The van der Waals surface area contributed by atoms with E-state index >= 15 is 0 Å². The average molecular weight is 278 g/mol. The second-order valence-corrected chi connectivity index (χ2v) is 5.45. The van der Waals surface area contributed by atoms with E-state index in [0.717, 1.165) is 38.3 Å². The van der Waals surface area contributed by atoms with Crippen molar-refractivity contribution in [1.82, 2.24) is 15.1 Å². The molecule has 0 bridgehead atoms. The number of nitro groups is 1. The number of piperazine rings is 1. The van der Waals surface area contributed by atoms with Crippen LogP contribution in [0.2, 0.25) is 0 Å². The number of rotatable bonds is 5. The highest BCUT2D eigenvalue weighted by atomic mass is 16.6. The second-order valence-electron chi connectivity index (χ2n) is 5.45. The molecule has 6 heteroatoms. The lowest BCUT2D eigenvalue weighted by Crippen LogP contribution is -2.53. The highest BCUT2D eigenvalue weighted by Gasteiger charge is 2.21. The smallest absolute Gasteiger partial charge is 0.269 e. The third-order valence-electron chi connectivity index (χ3n) is 3.84. The van der Waals surface area contributed by atoms with E-state index in [4.69, 9.17) is 0 Å². The number of likely N-dealkylation sites (N-methyl/N-ethyl adjacent to an activating group) is 2. The van der Waals surface area contributed by atoms with Gasteiger partial charge in [0.15, 0.2) is 0 Å². The summed E-state index contributed by atoms with van der Waals surface area (Å²) in [5.41, 5.74) is 1.21. The first kappa shape index (κ1) is 14.9. The maximum atomic E-state index is 10.6. The normalized spacial score (nSPS) is 21.0. The monoisotopic (exact) mass is 278 g/mol.